The van der Waals surface area contributed by atoms with Crippen LogP contribution in [0.4, 0.5) is 0 Å². The van der Waals surface area contributed by atoms with Gasteiger partial charge >= 0.3 is 25.7 Å². The van der Waals surface area contributed by atoms with Gasteiger partial charge in [0.05, 0.1) is 19.8 Å². The molecule has 0 aromatic rings. The molecule has 0 saturated carbocycles. The number of carbonyl (C=O) groups excluding carboxylic acids is 3. The minimum atomic E-state index is -4.74. The first kappa shape index (κ1) is 65.7. The third kappa shape index (κ3) is 48.7. The van der Waals surface area contributed by atoms with Gasteiger partial charge in [0.1, 0.15) is 12.7 Å². The fraction of sp³-hybridized carbons (Fsp3) is 0.839. The van der Waals surface area contributed by atoms with Gasteiger partial charge in [0.25, 0.3) is 0 Å². The Morgan fingerprint density at radius 1 is 0.412 bits per heavy atom. The molecule has 0 heterocycles. The van der Waals surface area contributed by atoms with E-state index in [0.29, 0.717) is 19.3 Å². The molecule has 12 heteroatoms. The first-order valence-corrected chi connectivity index (χ1v) is 29.4. The average Bonchev–Trinajstić information content (AvgIpc) is 3.32. The van der Waals surface area contributed by atoms with E-state index in [9.17, 15) is 28.9 Å². The van der Waals surface area contributed by atoms with Gasteiger partial charge in [0, 0.05) is 19.3 Å². The molecular formula is C56H103O11P. The molecule has 0 radical (unpaired) electrons. The number of phosphoric acid groups is 1. The highest BCUT2D eigenvalue weighted by Gasteiger charge is 2.28. The lowest BCUT2D eigenvalue weighted by molar-refractivity contribution is -0.161. The summed E-state index contributed by atoms with van der Waals surface area (Å²) in [5, 5.41) is 9.77. The number of hydrogen-bond donors (Lipinski definition) is 2. The van der Waals surface area contributed by atoms with Crippen molar-refractivity contribution in [2.45, 2.75) is 277 Å². The highest BCUT2D eigenvalue weighted by atomic mass is 31.2. The monoisotopic (exact) mass is 983 g/mol. The minimum absolute atomic E-state index is 0.168. The van der Waals surface area contributed by atoms with Crippen LogP contribution in [0.5, 0.6) is 0 Å². The number of carbonyl (C=O) groups is 3. The van der Waals surface area contributed by atoms with E-state index in [-0.39, 0.29) is 25.9 Å². The van der Waals surface area contributed by atoms with E-state index in [1.165, 1.54) is 103 Å². The summed E-state index contributed by atoms with van der Waals surface area (Å²) < 4.78 is 39.4. The molecule has 0 aliphatic heterocycles. The van der Waals surface area contributed by atoms with E-state index < -0.39 is 57.8 Å². The molecular weight excluding hydrogens is 880 g/mol. The lowest BCUT2D eigenvalue weighted by Gasteiger charge is -2.21. The first-order valence-electron chi connectivity index (χ1n) is 27.9. The average molecular weight is 983 g/mol. The summed E-state index contributed by atoms with van der Waals surface area (Å²) in [5.74, 6) is -1.47. The van der Waals surface area contributed by atoms with Crippen LogP contribution in [-0.4, -0.2) is 66.5 Å². The summed E-state index contributed by atoms with van der Waals surface area (Å²) in [4.78, 5) is 48.4. The highest BCUT2D eigenvalue weighted by molar-refractivity contribution is 7.47. The maximum atomic E-state index is 12.9. The van der Waals surface area contributed by atoms with E-state index >= 15 is 0 Å². The van der Waals surface area contributed by atoms with Gasteiger partial charge in [-0.05, 0) is 64.2 Å². The van der Waals surface area contributed by atoms with Crippen LogP contribution in [0.15, 0.2) is 36.5 Å². The van der Waals surface area contributed by atoms with Gasteiger partial charge < -0.3 is 24.2 Å². The van der Waals surface area contributed by atoms with Crippen molar-refractivity contribution in [1.29, 1.82) is 0 Å². The van der Waals surface area contributed by atoms with Crippen LogP contribution in [0.25, 0.3) is 0 Å². The molecule has 3 unspecified atom stereocenters. The van der Waals surface area contributed by atoms with E-state index in [0.717, 1.165) is 103 Å². The SMILES string of the molecule is CCC/C=C\C/C=C\CCCCCCCC(=O)OCC(COP(=O)(O)OCC(CO)OC(=O)CCCCCCC/C=C\CCCC)OC(=O)CCCCCCCCCCCCCCCCCCC. The lowest BCUT2D eigenvalue weighted by Crippen LogP contribution is -2.30. The molecule has 0 saturated heterocycles. The second kappa shape index (κ2) is 51.1. The molecule has 2 N–H and O–H groups in total. The standard InChI is InChI=1S/C56H103O11P/c1-4-7-10-13-16-19-22-24-25-26-27-29-32-35-38-41-44-47-56(60)67-53(49-63-54(58)45-42-39-36-33-31-28-23-20-17-14-11-8-5-2)51-65-68(61,62)64-50-52(48-57)66-55(59)46-43-40-37-34-30-21-18-15-12-9-6-3/h11,14-15,18,20,23,52-53,57H,4-10,12-13,16-17,19,21-22,24-51H2,1-3H3,(H,61,62)/b14-11-,18-15-,23-20-. The molecule has 0 aromatic heterocycles. The van der Waals surface area contributed by atoms with Crippen LogP contribution in [0.3, 0.4) is 0 Å². The fourth-order valence-corrected chi connectivity index (χ4v) is 8.51. The van der Waals surface area contributed by atoms with E-state index in [1.807, 2.05) is 0 Å². The van der Waals surface area contributed by atoms with Crippen LogP contribution < -0.4 is 0 Å². The molecule has 0 spiro atoms. The van der Waals surface area contributed by atoms with Gasteiger partial charge in [-0.3, -0.25) is 23.4 Å². The number of unbranched alkanes of at least 4 members (excludes halogenated alkanes) is 29. The van der Waals surface area contributed by atoms with Crippen LogP contribution >= 0.6 is 7.82 Å². The number of hydrogen-bond acceptors (Lipinski definition) is 10. The highest BCUT2D eigenvalue weighted by Crippen LogP contribution is 2.43. The van der Waals surface area contributed by atoms with Gasteiger partial charge in [0.2, 0.25) is 0 Å². The number of aliphatic hydroxyl groups is 1. The molecule has 0 rings (SSSR count). The molecule has 3 atom stereocenters. The molecule has 0 aromatic carbocycles. The van der Waals surface area contributed by atoms with Crippen molar-refractivity contribution in [3.05, 3.63) is 36.5 Å². The van der Waals surface area contributed by atoms with Crippen molar-refractivity contribution in [3.63, 3.8) is 0 Å². The maximum absolute atomic E-state index is 12.9. The lowest BCUT2D eigenvalue weighted by atomic mass is 10.0. The zero-order chi connectivity index (χ0) is 49.9. The van der Waals surface area contributed by atoms with Crippen molar-refractivity contribution in [3.8, 4) is 0 Å². The number of phosphoric ester groups is 1. The van der Waals surface area contributed by atoms with Crippen molar-refractivity contribution in [2.24, 2.45) is 0 Å². The van der Waals surface area contributed by atoms with Crippen LogP contribution in [0.1, 0.15) is 265 Å². The maximum Gasteiger partial charge on any atom is 0.472 e. The molecule has 0 aliphatic rings. The number of aliphatic hydroxyl groups excluding tert-OH is 1. The Balaban J connectivity index is 4.71. The van der Waals surface area contributed by atoms with Crippen LogP contribution in [-0.2, 0) is 42.2 Å². The molecule has 0 fully saturated rings. The Hall–Kier alpha value is -2.30. The predicted octanol–water partition coefficient (Wildman–Crippen LogP) is 16.0. The quantitative estimate of drug-likeness (QED) is 0.0197. The molecule has 0 bridgehead atoms. The summed E-state index contributed by atoms with van der Waals surface area (Å²) in [6.07, 6.45) is 51.1. The summed E-state index contributed by atoms with van der Waals surface area (Å²) >= 11 is 0. The van der Waals surface area contributed by atoms with Crippen molar-refractivity contribution in [2.75, 3.05) is 26.4 Å². The second-order valence-corrected chi connectivity index (χ2v) is 20.2. The van der Waals surface area contributed by atoms with Gasteiger partial charge in [-0.15, -0.1) is 0 Å². The largest absolute Gasteiger partial charge is 0.472 e. The van der Waals surface area contributed by atoms with Gasteiger partial charge in [-0.2, -0.15) is 0 Å². The van der Waals surface area contributed by atoms with Gasteiger partial charge in [-0.25, -0.2) is 4.57 Å². The number of allylic oxidation sites excluding steroid dienone is 6. The molecule has 68 heavy (non-hydrogen) atoms. The zero-order valence-electron chi connectivity index (χ0n) is 43.8. The Labute approximate surface area is 416 Å². The smallest absolute Gasteiger partial charge is 0.462 e. The van der Waals surface area contributed by atoms with E-state index in [1.54, 1.807) is 0 Å². The molecule has 11 nitrogen and oxygen atoms in total. The van der Waals surface area contributed by atoms with Gasteiger partial charge in [0.15, 0.2) is 6.10 Å². The van der Waals surface area contributed by atoms with Gasteiger partial charge in [-0.1, -0.05) is 218 Å². The summed E-state index contributed by atoms with van der Waals surface area (Å²) in [7, 11) is -4.74. The Bertz CT molecular complexity index is 1280. The van der Waals surface area contributed by atoms with Crippen molar-refractivity contribution in [1.82, 2.24) is 0 Å². The number of ether oxygens (including phenoxy) is 3. The third-order valence-corrected chi connectivity index (χ3v) is 13.0. The molecule has 398 valence electrons. The first-order chi connectivity index (χ1) is 33.2. The van der Waals surface area contributed by atoms with Crippen molar-refractivity contribution >= 4 is 25.7 Å². The Morgan fingerprint density at radius 2 is 0.765 bits per heavy atom. The minimum Gasteiger partial charge on any atom is -0.462 e. The van der Waals surface area contributed by atoms with E-state index in [2.05, 4.69) is 57.2 Å². The Morgan fingerprint density at radius 3 is 1.21 bits per heavy atom. The van der Waals surface area contributed by atoms with Crippen molar-refractivity contribution < 1.29 is 52.2 Å². The zero-order valence-corrected chi connectivity index (χ0v) is 44.7. The normalized spacial score (nSPS) is 13.7. The summed E-state index contributed by atoms with van der Waals surface area (Å²) in [6, 6.07) is 0. The summed E-state index contributed by atoms with van der Waals surface area (Å²) in [5.41, 5.74) is 0. The number of rotatable bonds is 52. The molecule has 0 aliphatic carbocycles. The predicted molar refractivity (Wildman–Crippen MR) is 279 cm³/mol. The second-order valence-electron chi connectivity index (χ2n) is 18.7. The Kier molecular flexibility index (Phi) is 49.3. The number of esters is 3. The topological polar surface area (TPSA) is 155 Å². The molecule has 0 amide bonds. The van der Waals surface area contributed by atoms with Crippen LogP contribution in [0, 0.1) is 0 Å². The third-order valence-electron chi connectivity index (χ3n) is 12.0. The fourth-order valence-electron chi connectivity index (χ4n) is 7.73. The van der Waals surface area contributed by atoms with Crippen LogP contribution in [0.2, 0.25) is 0 Å². The summed E-state index contributed by atoms with van der Waals surface area (Å²) in [6.45, 7) is 4.54. The van der Waals surface area contributed by atoms with E-state index in [4.69, 9.17) is 23.3 Å².